The van der Waals surface area contributed by atoms with Gasteiger partial charge in [-0.3, -0.25) is 9.78 Å². The molecule has 108 valence electrons. The molecule has 0 aromatic carbocycles. The third-order valence-electron chi connectivity index (χ3n) is 4.55. The SMILES string of the molecule is CO[C@@](C)(CNC(=O)c1ccnc(C2CC2)c1)C1CC1. The van der Waals surface area contributed by atoms with E-state index in [1.165, 1.54) is 25.7 Å². The minimum absolute atomic E-state index is 0.0294. The smallest absolute Gasteiger partial charge is 0.251 e. The molecule has 0 aliphatic heterocycles. The second kappa shape index (κ2) is 5.17. The Morgan fingerprint density at radius 2 is 2.20 bits per heavy atom. The van der Waals surface area contributed by atoms with Crippen LogP contribution in [0.1, 0.15) is 54.6 Å². The van der Waals surface area contributed by atoms with Crippen LogP contribution in [0.15, 0.2) is 18.3 Å². The van der Waals surface area contributed by atoms with E-state index in [2.05, 4.69) is 17.2 Å². The van der Waals surface area contributed by atoms with Crippen LogP contribution >= 0.6 is 0 Å². The molecule has 1 heterocycles. The van der Waals surface area contributed by atoms with E-state index in [9.17, 15) is 4.79 Å². The summed E-state index contributed by atoms with van der Waals surface area (Å²) in [4.78, 5) is 16.6. The van der Waals surface area contributed by atoms with E-state index >= 15 is 0 Å². The van der Waals surface area contributed by atoms with Gasteiger partial charge in [-0.2, -0.15) is 0 Å². The maximum absolute atomic E-state index is 12.3. The number of nitrogens with zero attached hydrogens (tertiary/aromatic N) is 1. The maximum Gasteiger partial charge on any atom is 0.251 e. The van der Waals surface area contributed by atoms with E-state index in [1.807, 2.05) is 6.07 Å². The van der Waals surface area contributed by atoms with Crippen LogP contribution in [-0.4, -0.2) is 30.1 Å². The van der Waals surface area contributed by atoms with E-state index in [0.717, 1.165) is 5.69 Å². The van der Waals surface area contributed by atoms with E-state index in [-0.39, 0.29) is 11.5 Å². The van der Waals surface area contributed by atoms with E-state index in [1.54, 1.807) is 19.4 Å². The standard InChI is InChI=1S/C16H22N2O2/c1-16(20-2,13-5-6-13)10-18-15(19)12-7-8-17-14(9-12)11-3-4-11/h7-9,11,13H,3-6,10H2,1-2H3,(H,18,19)/t16-/m0/s1. The number of carbonyl (C=O) groups excluding carboxylic acids is 1. The van der Waals surface area contributed by atoms with Crippen molar-refractivity contribution >= 4 is 5.91 Å². The van der Waals surface area contributed by atoms with Gasteiger partial charge in [-0.1, -0.05) is 0 Å². The number of methoxy groups -OCH3 is 1. The summed E-state index contributed by atoms with van der Waals surface area (Å²) in [5.74, 6) is 1.11. The number of aromatic nitrogens is 1. The Labute approximate surface area is 119 Å². The fraction of sp³-hybridized carbons (Fsp3) is 0.625. The van der Waals surface area contributed by atoms with Gasteiger partial charge in [0.2, 0.25) is 0 Å². The Bertz CT molecular complexity index is 509. The van der Waals surface area contributed by atoms with Gasteiger partial charge in [0.25, 0.3) is 5.91 Å². The largest absolute Gasteiger partial charge is 0.376 e. The van der Waals surface area contributed by atoms with Crippen molar-refractivity contribution in [2.24, 2.45) is 5.92 Å². The Balaban J connectivity index is 1.62. The fourth-order valence-corrected chi connectivity index (χ4v) is 2.63. The molecule has 1 N–H and O–H groups in total. The molecule has 20 heavy (non-hydrogen) atoms. The summed E-state index contributed by atoms with van der Waals surface area (Å²) in [6.45, 7) is 2.64. The highest BCUT2D eigenvalue weighted by atomic mass is 16.5. The topological polar surface area (TPSA) is 51.2 Å². The molecular weight excluding hydrogens is 252 g/mol. The lowest BCUT2D eigenvalue weighted by Gasteiger charge is -2.28. The van der Waals surface area contributed by atoms with Gasteiger partial charge in [-0.05, 0) is 50.7 Å². The van der Waals surface area contributed by atoms with Crippen LogP contribution in [-0.2, 0) is 4.74 Å². The third-order valence-corrected chi connectivity index (χ3v) is 4.55. The van der Waals surface area contributed by atoms with Gasteiger partial charge in [0.15, 0.2) is 0 Å². The van der Waals surface area contributed by atoms with Crippen molar-refractivity contribution in [3.8, 4) is 0 Å². The first-order valence-electron chi connectivity index (χ1n) is 7.42. The number of hydrogen-bond donors (Lipinski definition) is 1. The zero-order valence-electron chi connectivity index (χ0n) is 12.2. The first-order chi connectivity index (χ1) is 9.62. The van der Waals surface area contributed by atoms with Crippen molar-refractivity contribution in [3.63, 3.8) is 0 Å². The van der Waals surface area contributed by atoms with Gasteiger partial charge < -0.3 is 10.1 Å². The molecule has 0 unspecified atom stereocenters. The molecule has 4 heteroatoms. The summed E-state index contributed by atoms with van der Waals surface area (Å²) in [6, 6.07) is 3.71. The minimum atomic E-state index is -0.234. The molecule has 0 radical (unpaired) electrons. The molecule has 4 nitrogen and oxygen atoms in total. The van der Waals surface area contributed by atoms with Gasteiger partial charge in [-0.15, -0.1) is 0 Å². The molecule has 0 bridgehead atoms. The Morgan fingerprint density at radius 3 is 2.80 bits per heavy atom. The maximum atomic E-state index is 12.3. The van der Waals surface area contributed by atoms with Gasteiger partial charge in [0, 0.05) is 37.0 Å². The number of pyridine rings is 1. The van der Waals surface area contributed by atoms with Crippen molar-refractivity contribution in [2.45, 2.75) is 44.1 Å². The van der Waals surface area contributed by atoms with Gasteiger partial charge >= 0.3 is 0 Å². The molecule has 1 amide bonds. The molecule has 2 saturated carbocycles. The van der Waals surface area contributed by atoms with Gasteiger partial charge in [0.05, 0.1) is 5.60 Å². The molecular formula is C16H22N2O2. The zero-order valence-corrected chi connectivity index (χ0v) is 12.2. The predicted octanol–water partition coefficient (Wildman–Crippen LogP) is 2.50. The van der Waals surface area contributed by atoms with E-state index in [0.29, 0.717) is 23.9 Å². The summed E-state index contributed by atoms with van der Waals surface area (Å²) >= 11 is 0. The van der Waals surface area contributed by atoms with E-state index < -0.39 is 0 Å². The molecule has 1 aromatic heterocycles. The minimum Gasteiger partial charge on any atom is -0.376 e. The van der Waals surface area contributed by atoms with Gasteiger partial charge in [0.1, 0.15) is 0 Å². The highest BCUT2D eigenvalue weighted by molar-refractivity contribution is 5.94. The van der Waals surface area contributed by atoms with Crippen molar-refractivity contribution < 1.29 is 9.53 Å². The second-order valence-electron chi connectivity index (χ2n) is 6.22. The Hall–Kier alpha value is -1.42. The number of hydrogen-bond acceptors (Lipinski definition) is 3. The summed E-state index contributed by atoms with van der Waals surface area (Å²) < 4.78 is 5.59. The zero-order chi connectivity index (χ0) is 14.2. The number of rotatable bonds is 6. The lowest BCUT2D eigenvalue weighted by atomic mass is 10.00. The molecule has 1 atom stereocenters. The van der Waals surface area contributed by atoms with Crippen LogP contribution in [0.5, 0.6) is 0 Å². The monoisotopic (exact) mass is 274 g/mol. The lowest BCUT2D eigenvalue weighted by molar-refractivity contribution is -0.0112. The van der Waals surface area contributed by atoms with E-state index in [4.69, 9.17) is 4.74 Å². The van der Waals surface area contributed by atoms with Gasteiger partial charge in [-0.25, -0.2) is 0 Å². The van der Waals surface area contributed by atoms with Crippen molar-refractivity contribution in [1.29, 1.82) is 0 Å². The number of ether oxygens (including phenoxy) is 1. The first-order valence-corrected chi connectivity index (χ1v) is 7.42. The quantitative estimate of drug-likeness (QED) is 0.867. The Morgan fingerprint density at radius 1 is 1.45 bits per heavy atom. The molecule has 0 saturated heterocycles. The summed E-state index contributed by atoms with van der Waals surface area (Å²) in [7, 11) is 1.72. The number of carbonyl (C=O) groups is 1. The molecule has 2 fully saturated rings. The number of nitrogens with one attached hydrogen (secondary N) is 1. The second-order valence-corrected chi connectivity index (χ2v) is 6.22. The lowest BCUT2D eigenvalue weighted by Crippen LogP contribution is -2.43. The van der Waals surface area contributed by atoms with Crippen LogP contribution in [0.25, 0.3) is 0 Å². The predicted molar refractivity (Wildman–Crippen MR) is 76.7 cm³/mol. The first kappa shape index (κ1) is 13.6. The average Bonchev–Trinajstić information content (AvgIpc) is 3.34. The molecule has 0 spiro atoms. The fourth-order valence-electron chi connectivity index (χ4n) is 2.63. The highest BCUT2D eigenvalue weighted by Crippen LogP contribution is 2.41. The summed E-state index contributed by atoms with van der Waals surface area (Å²) in [6.07, 6.45) is 6.52. The third kappa shape index (κ3) is 2.85. The molecule has 2 aliphatic rings. The van der Waals surface area contributed by atoms with Crippen LogP contribution < -0.4 is 5.32 Å². The molecule has 3 rings (SSSR count). The highest BCUT2D eigenvalue weighted by Gasteiger charge is 2.41. The molecule has 2 aliphatic carbocycles. The van der Waals surface area contributed by atoms with Crippen LogP contribution in [0.4, 0.5) is 0 Å². The van der Waals surface area contributed by atoms with Crippen LogP contribution in [0, 0.1) is 5.92 Å². The average molecular weight is 274 g/mol. The van der Waals surface area contributed by atoms with Crippen LogP contribution in [0.3, 0.4) is 0 Å². The van der Waals surface area contributed by atoms with Crippen molar-refractivity contribution in [3.05, 3.63) is 29.6 Å². The summed E-state index contributed by atoms with van der Waals surface area (Å²) in [5.41, 5.74) is 1.52. The normalized spacial score (nSPS) is 21.3. The van der Waals surface area contributed by atoms with Crippen LogP contribution in [0.2, 0.25) is 0 Å². The summed E-state index contributed by atoms with van der Waals surface area (Å²) in [5, 5.41) is 3.01. The van der Waals surface area contributed by atoms with Crippen molar-refractivity contribution in [1.82, 2.24) is 10.3 Å². The molecule has 1 aromatic rings. The Kier molecular flexibility index (Phi) is 3.50. The number of amides is 1. The van der Waals surface area contributed by atoms with Crippen molar-refractivity contribution in [2.75, 3.05) is 13.7 Å².